The van der Waals surface area contributed by atoms with Crippen molar-refractivity contribution in [2.24, 2.45) is 0 Å². The highest BCUT2D eigenvalue weighted by Gasteiger charge is 2.12. The molecule has 2 aromatic rings. The van der Waals surface area contributed by atoms with Gasteiger partial charge in [0.25, 0.3) is 0 Å². The fourth-order valence-corrected chi connectivity index (χ4v) is 2.50. The number of hydrogen-bond donors (Lipinski definition) is 1. The van der Waals surface area contributed by atoms with Crippen molar-refractivity contribution >= 4 is 11.0 Å². The van der Waals surface area contributed by atoms with E-state index in [0.29, 0.717) is 0 Å². The Balaban J connectivity index is 1.83. The molecule has 16 heavy (non-hydrogen) atoms. The number of piperidine rings is 1. The van der Waals surface area contributed by atoms with Gasteiger partial charge in [0.05, 0.1) is 0 Å². The molecule has 3 rings (SSSR count). The molecule has 0 amide bonds. The Hall–Kier alpha value is -1.35. The van der Waals surface area contributed by atoms with E-state index >= 15 is 0 Å². The second-order valence-corrected chi connectivity index (χ2v) is 4.55. The minimum atomic E-state index is 1.01. The summed E-state index contributed by atoms with van der Waals surface area (Å²) in [6, 6.07) is 4.16. The highest BCUT2D eigenvalue weighted by atomic mass is 15.1. The van der Waals surface area contributed by atoms with E-state index in [4.69, 9.17) is 0 Å². The van der Waals surface area contributed by atoms with Crippen LogP contribution in [0.25, 0.3) is 11.0 Å². The Morgan fingerprint density at radius 1 is 1.25 bits per heavy atom. The van der Waals surface area contributed by atoms with E-state index in [0.717, 1.165) is 12.2 Å². The van der Waals surface area contributed by atoms with Crippen LogP contribution in [0, 0.1) is 0 Å². The lowest BCUT2D eigenvalue weighted by Gasteiger charge is -2.26. The molecule has 0 unspecified atom stereocenters. The lowest BCUT2D eigenvalue weighted by Crippen LogP contribution is -2.28. The van der Waals surface area contributed by atoms with Gasteiger partial charge in [-0.25, -0.2) is 4.98 Å². The average molecular weight is 215 g/mol. The maximum atomic E-state index is 4.32. The Bertz CT molecular complexity index is 469. The van der Waals surface area contributed by atoms with Gasteiger partial charge in [0.1, 0.15) is 5.65 Å². The van der Waals surface area contributed by atoms with Gasteiger partial charge in [0.15, 0.2) is 0 Å². The van der Waals surface area contributed by atoms with Crippen LogP contribution in [-0.2, 0) is 6.54 Å². The van der Waals surface area contributed by atoms with E-state index in [1.54, 1.807) is 0 Å². The molecule has 1 saturated heterocycles. The number of nitrogens with zero attached hydrogens (tertiary/aromatic N) is 2. The first-order chi connectivity index (χ1) is 7.93. The molecule has 0 aliphatic carbocycles. The molecule has 0 spiro atoms. The van der Waals surface area contributed by atoms with Crippen LogP contribution in [0.3, 0.4) is 0 Å². The lowest BCUT2D eigenvalue weighted by molar-refractivity contribution is 0.221. The molecule has 1 fully saturated rings. The van der Waals surface area contributed by atoms with Crippen LogP contribution < -0.4 is 0 Å². The zero-order valence-corrected chi connectivity index (χ0v) is 9.45. The summed E-state index contributed by atoms with van der Waals surface area (Å²) in [5.74, 6) is 0. The molecular formula is C13H17N3. The summed E-state index contributed by atoms with van der Waals surface area (Å²) in [4.78, 5) is 10.1. The van der Waals surface area contributed by atoms with Gasteiger partial charge >= 0.3 is 0 Å². The molecule has 0 aromatic carbocycles. The van der Waals surface area contributed by atoms with Gasteiger partial charge in [-0.05, 0) is 43.6 Å². The normalized spacial score (nSPS) is 18.0. The summed E-state index contributed by atoms with van der Waals surface area (Å²) >= 11 is 0. The van der Waals surface area contributed by atoms with Crippen LogP contribution >= 0.6 is 0 Å². The van der Waals surface area contributed by atoms with Gasteiger partial charge in [-0.1, -0.05) is 6.42 Å². The van der Waals surface area contributed by atoms with Crippen molar-refractivity contribution in [3.63, 3.8) is 0 Å². The zero-order chi connectivity index (χ0) is 10.8. The van der Waals surface area contributed by atoms with E-state index < -0.39 is 0 Å². The number of pyridine rings is 1. The van der Waals surface area contributed by atoms with E-state index in [2.05, 4.69) is 27.1 Å². The summed E-state index contributed by atoms with van der Waals surface area (Å²) in [5.41, 5.74) is 2.39. The number of aromatic amines is 1. The average Bonchev–Trinajstić information content (AvgIpc) is 2.74. The van der Waals surface area contributed by atoms with Crippen molar-refractivity contribution in [1.82, 2.24) is 14.9 Å². The quantitative estimate of drug-likeness (QED) is 0.835. The van der Waals surface area contributed by atoms with Gasteiger partial charge in [-0.2, -0.15) is 0 Å². The molecule has 0 bridgehead atoms. The Morgan fingerprint density at radius 3 is 3.00 bits per heavy atom. The smallest absolute Gasteiger partial charge is 0.137 e. The topological polar surface area (TPSA) is 31.9 Å². The summed E-state index contributed by atoms with van der Waals surface area (Å²) in [5, 5.41) is 1.27. The number of fused-ring (bicyclic) bond motifs is 1. The zero-order valence-electron chi connectivity index (χ0n) is 9.45. The first-order valence-electron chi connectivity index (χ1n) is 6.07. The molecule has 0 atom stereocenters. The van der Waals surface area contributed by atoms with Gasteiger partial charge in [0, 0.05) is 24.3 Å². The van der Waals surface area contributed by atoms with Crippen LogP contribution in [0.5, 0.6) is 0 Å². The standard InChI is InChI=1S/C13H17N3/c1-2-7-16(8-3-1)10-11-9-15-13-12(11)5-4-6-14-13/h4-6,9H,1-3,7-8,10H2,(H,14,15). The van der Waals surface area contributed by atoms with E-state index in [1.807, 2.05) is 12.3 Å². The molecule has 1 aliphatic rings. The van der Waals surface area contributed by atoms with Crippen molar-refractivity contribution in [3.05, 3.63) is 30.1 Å². The van der Waals surface area contributed by atoms with Gasteiger partial charge < -0.3 is 4.98 Å². The molecular weight excluding hydrogens is 198 g/mol. The second kappa shape index (κ2) is 4.26. The van der Waals surface area contributed by atoms with Gasteiger partial charge in [-0.3, -0.25) is 4.90 Å². The van der Waals surface area contributed by atoms with Crippen molar-refractivity contribution in [3.8, 4) is 0 Å². The first-order valence-corrected chi connectivity index (χ1v) is 6.07. The number of aromatic nitrogens is 2. The molecule has 84 valence electrons. The summed E-state index contributed by atoms with van der Waals surface area (Å²) < 4.78 is 0. The van der Waals surface area contributed by atoms with Gasteiger partial charge in [-0.15, -0.1) is 0 Å². The van der Waals surface area contributed by atoms with Crippen molar-refractivity contribution in [2.45, 2.75) is 25.8 Å². The van der Waals surface area contributed by atoms with Gasteiger partial charge in [0.2, 0.25) is 0 Å². The molecule has 1 aliphatic heterocycles. The maximum Gasteiger partial charge on any atom is 0.137 e. The third-order valence-electron chi connectivity index (χ3n) is 3.38. The predicted molar refractivity (Wildman–Crippen MR) is 65.2 cm³/mol. The number of hydrogen-bond acceptors (Lipinski definition) is 2. The molecule has 1 N–H and O–H groups in total. The number of nitrogens with one attached hydrogen (secondary N) is 1. The molecule has 3 nitrogen and oxygen atoms in total. The Labute approximate surface area is 95.5 Å². The number of H-pyrrole nitrogens is 1. The number of rotatable bonds is 2. The highest BCUT2D eigenvalue weighted by Crippen LogP contribution is 2.19. The third-order valence-corrected chi connectivity index (χ3v) is 3.38. The molecule has 2 aromatic heterocycles. The Morgan fingerprint density at radius 2 is 2.12 bits per heavy atom. The SMILES string of the molecule is c1cnc2[nH]cc(CN3CCCCC3)c2c1. The molecule has 0 saturated carbocycles. The van der Waals surface area contributed by atoms with E-state index in [1.165, 1.54) is 43.3 Å². The highest BCUT2D eigenvalue weighted by molar-refractivity contribution is 5.79. The Kier molecular flexibility index (Phi) is 2.62. The largest absolute Gasteiger partial charge is 0.346 e. The lowest BCUT2D eigenvalue weighted by atomic mass is 10.1. The van der Waals surface area contributed by atoms with Crippen molar-refractivity contribution < 1.29 is 0 Å². The molecule has 3 heterocycles. The third kappa shape index (κ3) is 1.83. The molecule has 0 radical (unpaired) electrons. The van der Waals surface area contributed by atoms with Crippen LogP contribution in [0.4, 0.5) is 0 Å². The van der Waals surface area contributed by atoms with Crippen LogP contribution in [0.15, 0.2) is 24.5 Å². The fourth-order valence-electron chi connectivity index (χ4n) is 2.50. The van der Waals surface area contributed by atoms with E-state index in [-0.39, 0.29) is 0 Å². The van der Waals surface area contributed by atoms with Crippen molar-refractivity contribution in [1.29, 1.82) is 0 Å². The molecule has 3 heteroatoms. The minimum Gasteiger partial charge on any atom is -0.346 e. The summed E-state index contributed by atoms with van der Waals surface area (Å²) in [7, 11) is 0. The van der Waals surface area contributed by atoms with E-state index in [9.17, 15) is 0 Å². The maximum absolute atomic E-state index is 4.32. The number of likely N-dealkylation sites (tertiary alicyclic amines) is 1. The summed E-state index contributed by atoms with van der Waals surface area (Å²) in [6.45, 7) is 3.55. The summed E-state index contributed by atoms with van der Waals surface area (Å²) in [6.07, 6.45) is 8.03. The monoisotopic (exact) mass is 215 g/mol. The van der Waals surface area contributed by atoms with Crippen LogP contribution in [-0.4, -0.2) is 28.0 Å². The predicted octanol–water partition coefficient (Wildman–Crippen LogP) is 2.55. The minimum absolute atomic E-state index is 1.01. The first kappa shape index (κ1) is 9.85. The second-order valence-electron chi connectivity index (χ2n) is 4.55. The van der Waals surface area contributed by atoms with Crippen LogP contribution in [0.2, 0.25) is 0 Å². The fraction of sp³-hybridized carbons (Fsp3) is 0.462. The van der Waals surface area contributed by atoms with Crippen molar-refractivity contribution in [2.75, 3.05) is 13.1 Å². The van der Waals surface area contributed by atoms with Crippen LogP contribution in [0.1, 0.15) is 24.8 Å².